The number of amides is 1. The minimum atomic E-state index is -0.108. The number of nitrogens with two attached hydrogens (primary N) is 1. The van der Waals surface area contributed by atoms with E-state index in [-0.39, 0.29) is 18.0 Å². The van der Waals surface area contributed by atoms with E-state index in [1.54, 1.807) is 24.8 Å². The first-order chi connectivity index (χ1) is 9.47. The molecule has 0 saturated heterocycles. The minimum absolute atomic E-state index is 0.00781. The van der Waals surface area contributed by atoms with Crippen LogP contribution in [0.15, 0.2) is 31.0 Å². The first kappa shape index (κ1) is 14.2. The van der Waals surface area contributed by atoms with Crippen molar-refractivity contribution in [3.63, 3.8) is 0 Å². The number of carbonyl (C=O) groups excluding carboxylic acids is 1. The minimum Gasteiger partial charge on any atom is -0.397 e. The van der Waals surface area contributed by atoms with Crippen LogP contribution in [-0.4, -0.2) is 26.1 Å². The molecule has 0 aliphatic carbocycles. The third-order valence-corrected chi connectivity index (χ3v) is 3.08. The van der Waals surface area contributed by atoms with Gasteiger partial charge in [-0.3, -0.25) is 4.79 Å². The van der Waals surface area contributed by atoms with Gasteiger partial charge < -0.3 is 20.2 Å². The smallest absolute Gasteiger partial charge is 0.268 e. The number of imidazole rings is 1. The topological polar surface area (TPSA) is 77.9 Å². The Morgan fingerprint density at radius 1 is 1.45 bits per heavy atom. The second-order valence-corrected chi connectivity index (χ2v) is 5.29. The van der Waals surface area contributed by atoms with Crippen LogP contribution in [0.2, 0.25) is 0 Å². The van der Waals surface area contributed by atoms with Gasteiger partial charge in [-0.25, -0.2) is 4.98 Å². The SMILES string of the molecule is CC(Cn1ccnc1)NC(=O)c1cc(N)cn1C(C)C. The fraction of sp³-hybridized carbons (Fsp3) is 0.429. The van der Waals surface area contributed by atoms with Gasteiger partial charge in [0.25, 0.3) is 5.91 Å². The van der Waals surface area contributed by atoms with Crippen LogP contribution in [-0.2, 0) is 6.54 Å². The number of anilines is 1. The van der Waals surface area contributed by atoms with Gasteiger partial charge in [-0.1, -0.05) is 0 Å². The quantitative estimate of drug-likeness (QED) is 0.871. The molecule has 0 saturated carbocycles. The van der Waals surface area contributed by atoms with Crippen LogP contribution in [0.3, 0.4) is 0 Å². The summed E-state index contributed by atoms with van der Waals surface area (Å²) in [5, 5.41) is 2.98. The molecule has 108 valence electrons. The Bertz CT molecular complexity index is 570. The monoisotopic (exact) mass is 275 g/mol. The van der Waals surface area contributed by atoms with E-state index in [1.807, 2.05) is 36.1 Å². The maximum atomic E-state index is 12.3. The lowest BCUT2D eigenvalue weighted by molar-refractivity contribution is 0.0926. The van der Waals surface area contributed by atoms with E-state index in [0.717, 1.165) is 0 Å². The first-order valence-electron chi connectivity index (χ1n) is 6.71. The largest absolute Gasteiger partial charge is 0.397 e. The van der Waals surface area contributed by atoms with Crippen LogP contribution in [0.1, 0.15) is 37.3 Å². The Morgan fingerprint density at radius 3 is 2.80 bits per heavy atom. The van der Waals surface area contributed by atoms with Crippen molar-refractivity contribution in [3.8, 4) is 0 Å². The van der Waals surface area contributed by atoms with E-state index in [9.17, 15) is 4.79 Å². The molecule has 0 aliphatic rings. The Balaban J connectivity index is 2.04. The maximum absolute atomic E-state index is 12.3. The van der Waals surface area contributed by atoms with Crippen LogP contribution in [0.25, 0.3) is 0 Å². The highest BCUT2D eigenvalue weighted by atomic mass is 16.2. The summed E-state index contributed by atoms with van der Waals surface area (Å²) in [6, 6.07) is 1.91. The van der Waals surface area contributed by atoms with Gasteiger partial charge in [-0.15, -0.1) is 0 Å². The number of nitrogens with one attached hydrogen (secondary N) is 1. The molecule has 1 amide bonds. The van der Waals surface area contributed by atoms with Crippen LogP contribution in [0, 0.1) is 0 Å². The van der Waals surface area contributed by atoms with E-state index in [4.69, 9.17) is 5.73 Å². The highest BCUT2D eigenvalue weighted by Gasteiger charge is 2.16. The van der Waals surface area contributed by atoms with Crippen molar-refractivity contribution in [2.45, 2.75) is 39.4 Å². The molecule has 2 aromatic heterocycles. The van der Waals surface area contributed by atoms with E-state index < -0.39 is 0 Å². The Hall–Kier alpha value is -2.24. The van der Waals surface area contributed by atoms with E-state index in [1.165, 1.54) is 0 Å². The molecule has 2 aromatic rings. The molecule has 0 bridgehead atoms. The summed E-state index contributed by atoms with van der Waals surface area (Å²) < 4.78 is 3.81. The lowest BCUT2D eigenvalue weighted by atomic mass is 10.3. The van der Waals surface area contributed by atoms with Gasteiger partial charge in [-0.2, -0.15) is 0 Å². The molecule has 0 spiro atoms. The van der Waals surface area contributed by atoms with E-state index >= 15 is 0 Å². The molecule has 0 aliphatic heterocycles. The fourth-order valence-corrected chi connectivity index (χ4v) is 2.16. The van der Waals surface area contributed by atoms with Crippen molar-refractivity contribution in [2.24, 2.45) is 0 Å². The lowest BCUT2D eigenvalue weighted by Crippen LogP contribution is -2.36. The number of nitrogen functional groups attached to an aromatic ring is 1. The average Bonchev–Trinajstić information content (AvgIpc) is 2.97. The molecule has 2 rings (SSSR count). The Labute approximate surface area is 118 Å². The molecule has 3 N–H and O–H groups in total. The van der Waals surface area contributed by atoms with Crippen molar-refractivity contribution < 1.29 is 4.79 Å². The van der Waals surface area contributed by atoms with Gasteiger partial charge in [0.05, 0.1) is 12.0 Å². The molecule has 1 atom stereocenters. The molecule has 20 heavy (non-hydrogen) atoms. The standard InChI is InChI=1S/C14H21N5O/c1-10(2)19-8-12(15)6-13(19)14(20)17-11(3)7-18-5-4-16-9-18/h4-6,8-11H,7,15H2,1-3H3,(H,17,20). The molecule has 2 heterocycles. The van der Waals surface area contributed by atoms with Gasteiger partial charge in [-0.05, 0) is 26.8 Å². The number of carbonyl (C=O) groups is 1. The summed E-state index contributed by atoms with van der Waals surface area (Å²) >= 11 is 0. The average molecular weight is 275 g/mol. The fourth-order valence-electron chi connectivity index (χ4n) is 2.16. The van der Waals surface area contributed by atoms with Gasteiger partial charge in [0.15, 0.2) is 0 Å². The zero-order valence-electron chi connectivity index (χ0n) is 12.1. The van der Waals surface area contributed by atoms with Gasteiger partial charge >= 0.3 is 0 Å². The number of hydrogen-bond acceptors (Lipinski definition) is 3. The summed E-state index contributed by atoms with van der Waals surface area (Å²) in [6.45, 7) is 6.68. The van der Waals surface area contributed by atoms with Crippen LogP contribution >= 0.6 is 0 Å². The highest BCUT2D eigenvalue weighted by Crippen LogP contribution is 2.16. The van der Waals surface area contributed by atoms with Crippen LogP contribution < -0.4 is 11.1 Å². The predicted molar refractivity (Wildman–Crippen MR) is 78.4 cm³/mol. The molecule has 0 fully saturated rings. The molecule has 6 heteroatoms. The number of rotatable bonds is 5. The molecule has 1 unspecified atom stereocenters. The van der Waals surface area contributed by atoms with Crippen LogP contribution in [0.5, 0.6) is 0 Å². The number of hydrogen-bond donors (Lipinski definition) is 2. The van der Waals surface area contributed by atoms with Gasteiger partial charge in [0.1, 0.15) is 5.69 Å². The van der Waals surface area contributed by atoms with Crippen molar-refractivity contribution in [1.82, 2.24) is 19.4 Å². The third kappa shape index (κ3) is 3.20. The summed E-state index contributed by atoms with van der Waals surface area (Å²) in [7, 11) is 0. The predicted octanol–water partition coefficient (Wildman–Crippen LogP) is 1.67. The van der Waals surface area contributed by atoms with E-state index in [2.05, 4.69) is 10.3 Å². The van der Waals surface area contributed by atoms with Gasteiger partial charge in [0.2, 0.25) is 0 Å². The summed E-state index contributed by atoms with van der Waals surface area (Å²) in [5.74, 6) is -0.108. The zero-order chi connectivity index (χ0) is 14.7. The first-order valence-corrected chi connectivity index (χ1v) is 6.71. The summed E-state index contributed by atoms with van der Waals surface area (Å²) in [5.41, 5.74) is 6.98. The second-order valence-electron chi connectivity index (χ2n) is 5.29. The van der Waals surface area contributed by atoms with Gasteiger partial charge in [0, 0.05) is 37.2 Å². The number of nitrogens with zero attached hydrogens (tertiary/aromatic N) is 3. The normalized spacial score (nSPS) is 12.6. The molecular formula is C14H21N5O. The Morgan fingerprint density at radius 2 is 2.20 bits per heavy atom. The maximum Gasteiger partial charge on any atom is 0.268 e. The molecule has 0 aromatic carbocycles. The van der Waals surface area contributed by atoms with E-state index in [0.29, 0.717) is 17.9 Å². The third-order valence-electron chi connectivity index (χ3n) is 3.08. The molecule has 0 radical (unpaired) electrons. The highest BCUT2D eigenvalue weighted by molar-refractivity contribution is 5.94. The van der Waals surface area contributed by atoms with Crippen molar-refractivity contribution >= 4 is 11.6 Å². The van der Waals surface area contributed by atoms with Crippen molar-refractivity contribution in [3.05, 3.63) is 36.7 Å². The Kier molecular flexibility index (Phi) is 4.12. The van der Waals surface area contributed by atoms with Crippen molar-refractivity contribution in [1.29, 1.82) is 0 Å². The molecular weight excluding hydrogens is 254 g/mol. The summed E-state index contributed by atoms with van der Waals surface area (Å²) in [4.78, 5) is 16.3. The summed E-state index contributed by atoms with van der Waals surface area (Å²) in [6.07, 6.45) is 7.12. The second kappa shape index (κ2) is 5.81. The lowest BCUT2D eigenvalue weighted by Gasteiger charge is -2.17. The zero-order valence-corrected chi connectivity index (χ0v) is 12.1. The van der Waals surface area contributed by atoms with Crippen LogP contribution in [0.4, 0.5) is 5.69 Å². The molecule has 6 nitrogen and oxygen atoms in total. The van der Waals surface area contributed by atoms with Crippen molar-refractivity contribution in [2.75, 3.05) is 5.73 Å². The number of aromatic nitrogens is 3.